The Hall–Kier alpha value is -5.54. The molecule has 0 N–H and O–H groups in total. The van der Waals surface area contributed by atoms with Gasteiger partial charge in [-0.1, -0.05) is 84.9 Å². The van der Waals surface area contributed by atoms with E-state index in [0.29, 0.717) is 45.3 Å². The number of fused-ring (bicyclic) bond motifs is 2. The molecule has 3 heterocycles. The van der Waals surface area contributed by atoms with Crippen molar-refractivity contribution < 1.29 is 0 Å². The fourth-order valence-corrected chi connectivity index (χ4v) is 7.04. The Morgan fingerprint density at radius 3 is 1.24 bits per heavy atom. The third-order valence-corrected chi connectivity index (χ3v) is 9.18. The van der Waals surface area contributed by atoms with Crippen LogP contribution in [0.5, 0.6) is 0 Å². The molecule has 8 heteroatoms. The Balaban J connectivity index is 1.49. The summed E-state index contributed by atoms with van der Waals surface area (Å²) in [6.07, 6.45) is 3.88. The topological polar surface area (TPSA) is 98.1 Å². The minimum atomic E-state index is 0.413. The number of thiophene rings is 2. The van der Waals surface area contributed by atoms with E-state index >= 15 is 0 Å². The van der Waals surface area contributed by atoms with Crippen molar-refractivity contribution >= 4 is 34.1 Å². The smallest absolute Gasteiger partial charge is 0.206 e. The first-order chi connectivity index (χ1) is 20.7. The first kappa shape index (κ1) is 25.4. The first-order valence-corrected chi connectivity index (χ1v) is 14.7. The van der Waals surface area contributed by atoms with Crippen molar-refractivity contribution in [3.05, 3.63) is 132 Å². The van der Waals surface area contributed by atoms with Gasteiger partial charge in [0, 0.05) is 20.9 Å². The van der Waals surface area contributed by atoms with Crippen LogP contribution in [-0.4, -0.2) is 21.4 Å². The van der Waals surface area contributed by atoms with Gasteiger partial charge in [0.05, 0.1) is 9.75 Å². The molecular weight excluding hydrogens is 557 g/mol. The number of nitrogens with zero attached hydrogens (tertiary/aromatic N) is 6. The summed E-state index contributed by atoms with van der Waals surface area (Å²) in [5.74, 6) is 0. The molecule has 0 bridgehead atoms. The number of aromatic nitrogens is 2. The zero-order valence-electron chi connectivity index (χ0n) is 21.9. The maximum absolute atomic E-state index is 9.63. The maximum Gasteiger partial charge on any atom is 0.206 e. The number of hydrogen-bond donors (Lipinski definition) is 0. The van der Waals surface area contributed by atoms with E-state index in [1.807, 2.05) is 73.0 Å². The molecule has 1 aliphatic carbocycles. The molecular formula is C34H18N6S2. The van der Waals surface area contributed by atoms with Crippen molar-refractivity contribution in [3.63, 3.8) is 0 Å². The predicted molar refractivity (Wildman–Crippen MR) is 168 cm³/mol. The molecule has 196 valence electrons. The second kappa shape index (κ2) is 10.8. The molecule has 6 nitrogen and oxygen atoms in total. The lowest BCUT2D eigenvalue weighted by Crippen LogP contribution is -2.25. The Labute approximate surface area is 249 Å². The number of nitriles is 2. The second-order valence-electron chi connectivity index (χ2n) is 9.34. The Morgan fingerprint density at radius 2 is 0.833 bits per heavy atom. The summed E-state index contributed by atoms with van der Waals surface area (Å²) in [6, 6.07) is 36.2. The van der Waals surface area contributed by atoms with E-state index in [1.54, 1.807) is 22.7 Å². The van der Waals surface area contributed by atoms with Crippen molar-refractivity contribution in [2.75, 3.05) is 0 Å². The summed E-state index contributed by atoms with van der Waals surface area (Å²) in [6.45, 7) is 0. The van der Waals surface area contributed by atoms with Crippen LogP contribution in [0.15, 0.2) is 119 Å². The highest BCUT2D eigenvalue weighted by atomic mass is 32.1. The molecule has 0 unspecified atom stereocenters. The fraction of sp³-hybridized carbons (Fsp3) is 0. The summed E-state index contributed by atoms with van der Waals surface area (Å²) >= 11 is 3.26. The van der Waals surface area contributed by atoms with Gasteiger partial charge in [0.25, 0.3) is 0 Å². The summed E-state index contributed by atoms with van der Waals surface area (Å²) in [5, 5.41) is 19.3. The van der Waals surface area contributed by atoms with Crippen LogP contribution in [0.4, 0.5) is 0 Å². The molecule has 42 heavy (non-hydrogen) atoms. The second-order valence-corrected chi connectivity index (χ2v) is 11.5. The monoisotopic (exact) mass is 574 g/mol. The molecule has 0 atom stereocenters. The summed E-state index contributed by atoms with van der Waals surface area (Å²) in [4.78, 5) is 22.8. The molecule has 0 aliphatic heterocycles. The minimum absolute atomic E-state index is 0.413. The average Bonchev–Trinajstić information content (AvgIpc) is 3.74. The van der Waals surface area contributed by atoms with Gasteiger partial charge in [0.2, 0.25) is 12.4 Å². The molecule has 7 rings (SSSR count). The van der Waals surface area contributed by atoms with E-state index in [9.17, 15) is 10.5 Å². The fourth-order valence-electron chi connectivity index (χ4n) is 5.03. The normalized spacial score (nSPS) is 13.8. The van der Waals surface area contributed by atoms with E-state index < -0.39 is 0 Å². The quantitative estimate of drug-likeness (QED) is 0.198. The van der Waals surface area contributed by atoms with Gasteiger partial charge >= 0.3 is 0 Å². The maximum atomic E-state index is 9.63. The van der Waals surface area contributed by atoms with Gasteiger partial charge in [-0.25, -0.2) is 9.97 Å². The molecule has 3 aromatic heterocycles. The number of aliphatic imine (C=N–C) groups is 2. The van der Waals surface area contributed by atoms with E-state index in [4.69, 9.17) is 9.97 Å². The SMILES string of the molecule is N#C/N=C1/c2ccccc2/C(=N\C#N)c2nc(-c3ccc(-c4ccccc4)s3)c(-c3ccc(-c4ccccc4)s3)nc21. The zero-order valence-corrected chi connectivity index (χ0v) is 23.5. The van der Waals surface area contributed by atoms with Gasteiger partial charge < -0.3 is 0 Å². The molecule has 0 spiro atoms. The number of benzene rings is 3. The lowest BCUT2D eigenvalue weighted by atomic mass is 9.88. The van der Waals surface area contributed by atoms with Gasteiger partial charge in [-0.05, 0) is 35.4 Å². The van der Waals surface area contributed by atoms with Crippen LogP contribution in [0.2, 0.25) is 0 Å². The van der Waals surface area contributed by atoms with E-state index in [0.717, 1.165) is 30.6 Å². The van der Waals surface area contributed by atoms with Gasteiger partial charge in [-0.15, -0.1) is 22.7 Å². The van der Waals surface area contributed by atoms with Crippen LogP contribution in [-0.2, 0) is 0 Å². The first-order valence-electron chi connectivity index (χ1n) is 13.0. The minimum Gasteiger partial charge on any atom is -0.241 e. The molecule has 0 saturated carbocycles. The van der Waals surface area contributed by atoms with Crippen LogP contribution >= 0.6 is 22.7 Å². The molecule has 6 aromatic rings. The Kier molecular flexibility index (Phi) is 6.54. The van der Waals surface area contributed by atoms with E-state index in [1.165, 1.54) is 0 Å². The van der Waals surface area contributed by atoms with Crippen molar-refractivity contribution in [1.29, 1.82) is 10.5 Å². The van der Waals surface area contributed by atoms with E-state index in [-0.39, 0.29) is 0 Å². The Morgan fingerprint density at radius 1 is 0.452 bits per heavy atom. The summed E-state index contributed by atoms with van der Waals surface area (Å²) in [5.41, 5.74) is 6.66. The van der Waals surface area contributed by atoms with Crippen LogP contribution in [0.25, 0.3) is 42.0 Å². The van der Waals surface area contributed by atoms with Crippen LogP contribution in [0.3, 0.4) is 0 Å². The third-order valence-electron chi connectivity index (χ3n) is 6.90. The van der Waals surface area contributed by atoms with Crippen molar-refractivity contribution in [3.8, 4) is 54.4 Å². The van der Waals surface area contributed by atoms with Crippen LogP contribution < -0.4 is 0 Å². The summed E-state index contributed by atoms with van der Waals surface area (Å²) in [7, 11) is 0. The highest BCUT2D eigenvalue weighted by Crippen LogP contribution is 2.42. The summed E-state index contributed by atoms with van der Waals surface area (Å²) < 4.78 is 0. The highest BCUT2D eigenvalue weighted by Gasteiger charge is 2.32. The standard InChI is InChI=1S/C34H18N6S2/c35-19-37-29-23-13-7-8-14-24(23)30(38-20-36)34-33(29)39-31(27-17-15-25(41-27)21-9-3-1-4-10-21)32(40-34)28-18-16-26(42-28)22-11-5-2-6-12-22/h1-18H/b37-29-,38-30+. The number of hydrogen-bond acceptors (Lipinski definition) is 8. The van der Waals surface area contributed by atoms with Gasteiger partial charge in [-0.3, -0.25) is 0 Å². The number of rotatable bonds is 4. The molecule has 0 saturated heterocycles. The highest BCUT2D eigenvalue weighted by molar-refractivity contribution is 7.19. The average molecular weight is 575 g/mol. The van der Waals surface area contributed by atoms with Crippen LogP contribution in [0.1, 0.15) is 22.5 Å². The van der Waals surface area contributed by atoms with Crippen molar-refractivity contribution in [2.24, 2.45) is 9.98 Å². The van der Waals surface area contributed by atoms with Gasteiger partial charge in [-0.2, -0.15) is 20.5 Å². The lowest BCUT2D eigenvalue weighted by molar-refractivity contribution is 1.16. The molecule has 0 amide bonds. The molecule has 0 fully saturated rings. The van der Waals surface area contributed by atoms with Gasteiger partial charge in [0.1, 0.15) is 34.2 Å². The van der Waals surface area contributed by atoms with Crippen molar-refractivity contribution in [2.45, 2.75) is 0 Å². The molecule has 0 radical (unpaired) electrons. The van der Waals surface area contributed by atoms with Crippen LogP contribution in [0, 0.1) is 22.9 Å². The largest absolute Gasteiger partial charge is 0.241 e. The molecule has 1 aliphatic rings. The Bertz CT molecular complexity index is 1960. The van der Waals surface area contributed by atoms with E-state index in [2.05, 4.69) is 58.5 Å². The zero-order chi connectivity index (χ0) is 28.5. The molecule has 3 aromatic carbocycles. The third kappa shape index (κ3) is 4.42. The van der Waals surface area contributed by atoms with Gasteiger partial charge in [0.15, 0.2) is 0 Å². The van der Waals surface area contributed by atoms with Crippen molar-refractivity contribution in [1.82, 2.24) is 9.97 Å². The lowest BCUT2D eigenvalue weighted by Gasteiger charge is -2.22. The predicted octanol–water partition coefficient (Wildman–Crippen LogP) is 8.22.